The van der Waals surface area contributed by atoms with Gasteiger partial charge >= 0.3 is 0 Å². The van der Waals surface area contributed by atoms with Crippen molar-refractivity contribution in [3.8, 4) is 0 Å². The fourth-order valence-corrected chi connectivity index (χ4v) is 6.47. The summed E-state index contributed by atoms with van der Waals surface area (Å²) in [5.41, 5.74) is 3.26. The van der Waals surface area contributed by atoms with E-state index < -0.39 is 10.0 Å². The third kappa shape index (κ3) is 3.86. The number of H-pyrrole nitrogens is 1. The van der Waals surface area contributed by atoms with E-state index in [4.69, 9.17) is 0 Å². The molecule has 182 valence electrons. The molecule has 5 aromatic rings. The topological polar surface area (TPSA) is 91.3 Å². The van der Waals surface area contributed by atoms with Gasteiger partial charge in [-0.15, -0.1) is 0 Å². The molecule has 1 amide bonds. The molecule has 1 fully saturated rings. The first-order valence-corrected chi connectivity index (χ1v) is 13.3. The monoisotopic (exact) mass is 499 g/mol. The quantitative estimate of drug-likeness (QED) is 0.399. The van der Waals surface area contributed by atoms with Gasteiger partial charge < -0.3 is 14.5 Å². The number of carbonyl (C=O) groups excluding carboxylic acids is 1. The number of hydrogen-bond donors (Lipinski definition) is 1. The maximum absolute atomic E-state index is 13.7. The normalized spacial score (nSPS) is 15.1. The van der Waals surface area contributed by atoms with Crippen LogP contribution in [0.5, 0.6) is 0 Å². The number of para-hydroxylation sites is 1. The van der Waals surface area contributed by atoms with Gasteiger partial charge in [0.1, 0.15) is 16.2 Å². The van der Waals surface area contributed by atoms with Gasteiger partial charge in [-0.3, -0.25) is 4.79 Å². The second-order valence-corrected chi connectivity index (χ2v) is 10.8. The Kier molecular flexibility index (Phi) is 5.58. The molecule has 8 nitrogen and oxygen atoms in total. The molecule has 6 rings (SSSR count). The Labute approximate surface area is 208 Å². The summed E-state index contributed by atoms with van der Waals surface area (Å²) in [6.07, 6.45) is 3.11. The Morgan fingerprint density at radius 1 is 0.917 bits per heavy atom. The van der Waals surface area contributed by atoms with Gasteiger partial charge in [-0.1, -0.05) is 48.5 Å². The first-order valence-electron chi connectivity index (χ1n) is 11.9. The van der Waals surface area contributed by atoms with Crippen molar-refractivity contribution in [2.45, 2.75) is 11.4 Å². The van der Waals surface area contributed by atoms with E-state index in [-0.39, 0.29) is 23.9 Å². The summed E-state index contributed by atoms with van der Waals surface area (Å²) in [5, 5.41) is 1.58. The van der Waals surface area contributed by atoms with Crippen LogP contribution in [-0.2, 0) is 16.6 Å². The van der Waals surface area contributed by atoms with Crippen LogP contribution in [0.1, 0.15) is 16.1 Å². The number of fused-ring (bicyclic) bond motifs is 2. The van der Waals surface area contributed by atoms with Crippen LogP contribution in [0.25, 0.3) is 21.9 Å². The molecule has 0 radical (unpaired) electrons. The molecule has 3 aromatic heterocycles. The number of sulfonamides is 1. The van der Waals surface area contributed by atoms with Crippen molar-refractivity contribution in [1.82, 2.24) is 23.7 Å². The number of rotatable bonds is 5. The Hall–Kier alpha value is -3.95. The van der Waals surface area contributed by atoms with E-state index in [9.17, 15) is 13.2 Å². The van der Waals surface area contributed by atoms with Gasteiger partial charge in [0.25, 0.3) is 5.91 Å². The lowest BCUT2D eigenvalue weighted by molar-refractivity contribution is 0.0688. The molecule has 0 unspecified atom stereocenters. The van der Waals surface area contributed by atoms with E-state index in [0.717, 1.165) is 16.5 Å². The first-order chi connectivity index (χ1) is 17.5. The smallest absolute Gasteiger partial charge is 0.270 e. The maximum Gasteiger partial charge on any atom is 0.270 e. The lowest BCUT2D eigenvalue weighted by Gasteiger charge is -2.34. The molecule has 0 saturated carbocycles. The van der Waals surface area contributed by atoms with Gasteiger partial charge in [0, 0.05) is 61.4 Å². The first kappa shape index (κ1) is 22.5. The number of hydrogen-bond acceptors (Lipinski definition) is 4. The number of nitrogens with one attached hydrogen (secondary N) is 1. The number of nitrogens with zero attached hydrogens (tertiary/aromatic N) is 4. The molecule has 0 aliphatic carbocycles. The average molecular weight is 500 g/mol. The fraction of sp³-hybridized carbons (Fsp3) is 0.185. The second-order valence-electron chi connectivity index (χ2n) is 8.91. The van der Waals surface area contributed by atoms with E-state index in [1.165, 1.54) is 10.5 Å². The molecule has 0 spiro atoms. The highest BCUT2D eigenvalue weighted by atomic mass is 32.2. The SMILES string of the molecule is O=C(c1cc2ccccc2n1Cc1ccccc1)N1CCN(S(=O)(=O)c2c[nH]c3ncccc23)CC1. The lowest BCUT2D eigenvalue weighted by Crippen LogP contribution is -2.50. The summed E-state index contributed by atoms with van der Waals surface area (Å²) >= 11 is 0. The van der Waals surface area contributed by atoms with Crippen LogP contribution in [0.3, 0.4) is 0 Å². The predicted octanol–water partition coefficient (Wildman–Crippen LogP) is 3.71. The third-order valence-corrected chi connectivity index (χ3v) is 8.71. The van der Waals surface area contributed by atoms with Crippen LogP contribution >= 0.6 is 0 Å². The van der Waals surface area contributed by atoms with Gasteiger partial charge in [-0.25, -0.2) is 13.4 Å². The Bertz CT molecular complexity index is 1670. The number of aromatic nitrogens is 3. The van der Waals surface area contributed by atoms with Gasteiger partial charge in [0.2, 0.25) is 10.0 Å². The minimum absolute atomic E-state index is 0.0875. The summed E-state index contributed by atoms with van der Waals surface area (Å²) < 4.78 is 30.2. The molecule has 1 N–H and O–H groups in total. The van der Waals surface area contributed by atoms with Crippen molar-refractivity contribution in [2.24, 2.45) is 0 Å². The predicted molar refractivity (Wildman–Crippen MR) is 138 cm³/mol. The number of benzene rings is 2. The Morgan fingerprint density at radius 3 is 2.47 bits per heavy atom. The number of piperazine rings is 1. The zero-order valence-corrected chi connectivity index (χ0v) is 20.4. The number of carbonyl (C=O) groups is 1. The number of aromatic amines is 1. The summed E-state index contributed by atoms with van der Waals surface area (Å²) in [4.78, 5) is 22.8. The van der Waals surface area contributed by atoms with Crippen molar-refractivity contribution in [3.05, 3.63) is 96.4 Å². The minimum Gasteiger partial charge on any atom is -0.345 e. The molecule has 1 saturated heterocycles. The van der Waals surface area contributed by atoms with Gasteiger partial charge in [0.05, 0.1) is 0 Å². The van der Waals surface area contributed by atoms with Crippen LogP contribution in [0.4, 0.5) is 0 Å². The number of pyridine rings is 1. The van der Waals surface area contributed by atoms with Crippen molar-refractivity contribution < 1.29 is 13.2 Å². The van der Waals surface area contributed by atoms with Crippen LogP contribution in [-0.4, -0.2) is 64.2 Å². The van der Waals surface area contributed by atoms with Crippen LogP contribution in [0.15, 0.2) is 90.1 Å². The fourth-order valence-electron chi connectivity index (χ4n) is 4.90. The molecule has 4 heterocycles. The summed E-state index contributed by atoms with van der Waals surface area (Å²) in [5.74, 6) is -0.0875. The van der Waals surface area contributed by atoms with E-state index in [1.54, 1.807) is 23.2 Å². The van der Waals surface area contributed by atoms with Crippen molar-refractivity contribution in [3.63, 3.8) is 0 Å². The largest absolute Gasteiger partial charge is 0.345 e. The van der Waals surface area contributed by atoms with E-state index in [2.05, 4.69) is 14.5 Å². The molecule has 2 aromatic carbocycles. The van der Waals surface area contributed by atoms with Crippen LogP contribution in [0.2, 0.25) is 0 Å². The van der Waals surface area contributed by atoms with Crippen molar-refractivity contribution in [2.75, 3.05) is 26.2 Å². The molecular formula is C27H25N5O3S. The van der Waals surface area contributed by atoms with Gasteiger partial charge in [-0.2, -0.15) is 4.31 Å². The highest BCUT2D eigenvalue weighted by Crippen LogP contribution is 2.27. The average Bonchev–Trinajstić information content (AvgIpc) is 3.51. The Balaban J connectivity index is 1.25. The molecule has 0 bridgehead atoms. The Morgan fingerprint density at radius 2 is 1.67 bits per heavy atom. The van der Waals surface area contributed by atoms with E-state index in [0.29, 0.717) is 36.4 Å². The third-order valence-electron chi connectivity index (χ3n) is 6.77. The molecule has 0 atom stereocenters. The molecular weight excluding hydrogens is 474 g/mol. The van der Waals surface area contributed by atoms with Gasteiger partial charge in [0.15, 0.2) is 0 Å². The zero-order valence-electron chi connectivity index (χ0n) is 19.5. The summed E-state index contributed by atoms with van der Waals surface area (Å²) in [6, 6.07) is 23.4. The van der Waals surface area contributed by atoms with Crippen molar-refractivity contribution >= 4 is 37.9 Å². The second kappa shape index (κ2) is 8.92. The highest BCUT2D eigenvalue weighted by molar-refractivity contribution is 7.89. The van der Waals surface area contributed by atoms with E-state index in [1.807, 2.05) is 60.7 Å². The maximum atomic E-state index is 13.7. The van der Waals surface area contributed by atoms with Crippen LogP contribution in [0, 0.1) is 0 Å². The molecule has 36 heavy (non-hydrogen) atoms. The number of amides is 1. The minimum atomic E-state index is -3.71. The van der Waals surface area contributed by atoms with Gasteiger partial charge in [-0.05, 0) is 29.8 Å². The molecule has 1 aliphatic rings. The summed E-state index contributed by atoms with van der Waals surface area (Å²) in [7, 11) is -3.71. The van der Waals surface area contributed by atoms with E-state index >= 15 is 0 Å². The van der Waals surface area contributed by atoms with Crippen LogP contribution < -0.4 is 0 Å². The highest BCUT2D eigenvalue weighted by Gasteiger charge is 2.33. The summed E-state index contributed by atoms with van der Waals surface area (Å²) in [6.45, 7) is 1.70. The zero-order chi connectivity index (χ0) is 24.7. The lowest BCUT2D eigenvalue weighted by atomic mass is 10.2. The molecule has 9 heteroatoms. The van der Waals surface area contributed by atoms with Crippen molar-refractivity contribution in [1.29, 1.82) is 0 Å². The standard InChI is InChI=1S/C27H25N5O3S/c33-27(24-17-21-9-4-5-11-23(21)32(24)19-20-7-2-1-3-8-20)30-13-15-31(16-14-30)36(34,35)25-18-29-26-22(25)10-6-12-28-26/h1-12,17-18H,13-16,19H2,(H,28,29). The molecule has 1 aliphatic heterocycles.